The summed E-state index contributed by atoms with van der Waals surface area (Å²) in [5, 5.41) is 3.67. The first-order valence-corrected chi connectivity index (χ1v) is 8.30. The van der Waals surface area contributed by atoms with Crippen molar-refractivity contribution in [1.82, 2.24) is 10.2 Å². The van der Waals surface area contributed by atoms with Crippen LogP contribution in [0.2, 0.25) is 0 Å². The first kappa shape index (κ1) is 16.5. The van der Waals surface area contributed by atoms with E-state index < -0.39 is 0 Å². The van der Waals surface area contributed by atoms with Crippen LogP contribution in [-0.4, -0.2) is 43.8 Å². The van der Waals surface area contributed by atoms with E-state index in [1.165, 1.54) is 12.0 Å². The van der Waals surface area contributed by atoms with Crippen molar-refractivity contribution in [3.63, 3.8) is 0 Å². The fourth-order valence-corrected chi connectivity index (χ4v) is 2.91. The second-order valence-corrected chi connectivity index (χ2v) is 6.40. The lowest BCUT2D eigenvalue weighted by Crippen LogP contribution is -2.52. The third kappa shape index (κ3) is 5.10. The number of benzene rings is 1. The minimum absolute atomic E-state index is 0.469. The van der Waals surface area contributed by atoms with Crippen molar-refractivity contribution >= 4 is 0 Å². The standard InChI is InChI=1S/C18H30N2O/c1-4-17-13-20(10-11-21-14-15(2)3)18(12-19-17)16-8-6-5-7-9-16/h5-9,15,17-19H,4,10-14H2,1-3H3. The first-order chi connectivity index (χ1) is 10.2. The molecule has 1 saturated heterocycles. The van der Waals surface area contributed by atoms with E-state index in [9.17, 15) is 0 Å². The largest absolute Gasteiger partial charge is 0.380 e. The molecule has 0 aliphatic carbocycles. The molecule has 0 saturated carbocycles. The van der Waals surface area contributed by atoms with Gasteiger partial charge in [0.05, 0.1) is 6.61 Å². The summed E-state index contributed by atoms with van der Waals surface area (Å²) in [5.74, 6) is 0.612. The SMILES string of the molecule is CCC1CN(CCOCC(C)C)C(c2ccccc2)CN1. The van der Waals surface area contributed by atoms with E-state index in [2.05, 4.69) is 61.3 Å². The highest BCUT2D eigenvalue weighted by Crippen LogP contribution is 2.23. The zero-order valence-electron chi connectivity index (χ0n) is 13.7. The van der Waals surface area contributed by atoms with Crippen LogP contribution < -0.4 is 5.32 Å². The third-order valence-electron chi connectivity index (χ3n) is 4.15. The van der Waals surface area contributed by atoms with Gasteiger partial charge in [0.25, 0.3) is 0 Å². The van der Waals surface area contributed by atoms with Crippen LogP contribution >= 0.6 is 0 Å². The molecule has 2 rings (SSSR count). The van der Waals surface area contributed by atoms with Crippen molar-refractivity contribution in [2.24, 2.45) is 5.92 Å². The number of nitrogens with zero attached hydrogens (tertiary/aromatic N) is 1. The summed E-state index contributed by atoms with van der Waals surface area (Å²) in [6, 6.07) is 11.9. The smallest absolute Gasteiger partial charge is 0.0593 e. The van der Waals surface area contributed by atoms with Gasteiger partial charge in [-0.15, -0.1) is 0 Å². The number of rotatable bonds is 7. The molecule has 1 aliphatic heterocycles. The molecule has 1 N–H and O–H groups in total. The Morgan fingerprint density at radius 1 is 1.29 bits per heavy atom. The molecule has 0 bridgehead atoms. The fourth-order valence-electron chi connectivity index (χ4n) is 2.91. The lowest BCUT2D eigenvalue weighted by atomic mass is 10.0. The Bertz CT molecular complexity index is 393. The van der Waals surface area contributed by atoms with E-state index in [0.29, 0.717) is 18.0 Å². The van der Waals surface area contributed by atoms with E-state index in [1.807, 2.05) is 0 Å². The maximum absolute atomic E-state index is 5.79. The van der Waals surface area contributed by atoms with Crippen LogP contribution in [0.15, 0.2) is 30.3 Å². The zero-order chi connectivity index (χ0) is 15.1. The van der Waals surface area contributed by atoms with Crippen LogP contribution in [0, 0.1) is 5.92 Å². The Labute approximate surface area is 129 Å². The van der Waals surface area contributed by atoms with Crippen LogP contribution in [0.3, 0.4) is 0 Å². The summed E-state index contributed by atoms with van der Waals surface area (Å²) in [7, 11) is 0. The average molecular weight is 290 g/mol. The molecule has 0 radical (unpaired) electrons. The summed E-state index contributed by atoms with van der Waals surface area (Å²) >= 11 is 0. The van der Waals surface area contributed by atoms with Gasteiger partial charge in [-0.05, 0) is 17.9 Å². The number of hydrogen-bond donors (Lipinski definition) is 1. The molecule has 2 unspecified atom stereocenters. The molecule has 1 aromatic rings. The highest BCUT2D eigenvalue weighted by atomic mass is 16.5. The van der Waals surface area contributed by atoms with Gasteiger partial charge in [0.15, 0.2) is 0 Å². The van der Waals surface area contributed by atoms with Gasteiger partial charge in [-0.2, -0.15) is 0 Å². The van der Waals surface area contributed by atoms with Gasteiger partial charge in [-0.1, -0.05) is 51.1 Å². The lowest BCUT2D eigenvalue weighted by molar-refractivity contribution is 0.0543. The molecule has 1 aromatic carbocycles. The zero-order valence-corrected chi connectivity index (χ0v) is 13.7. The van der Waals surface area contributed by atoms with E-state index >= 15 is 0 Å². The molecule has 0 aromatic heterocycles. The number of ether oxygens (including phenoxy) is 1. The van der Waals surface area contributed by atoms with Gasteiger partial charge < -0.3 is 10.1 Å². The van der Waals surface area contributed by atoms with Crippen molar-refractivity contribution in [2.75, 3.05) is 32.8 Å². The molecule has 0 amide bonds. The topological polar surface area (TPSA) is 24.5 Å². The van der Waals surface area contributed by atoms with Crippen molar-refractivity contribution in [3.8, 4) is 0 Å². The Hall–Kier alpha value is -0.900. The fraction of sp³-hybridized carbons (Fsp3) is 0.667. The van der Waals surface area contributed by atoms with Gasteiger partial charge in [0.1, 0.15) is 0 Å². The highest BCUT2D eigenvalue weighted by molar-refractivity contribution is 5.20. The van der Waals surface area contributed by atoms with Crippen molar-refractivity contribution < 1.29 is 4.74 Å². The molecule has 0 spiro atoms. The highest BCUT2D eigenvalue weighted by Gasteiger charge is 2.27. The molecular weight excluding hydrogens is 260 g/mol. The summed E-state index contributed by atoms with van der Waals surface area (Å²) in [4.78, 5) is 2.58. The van der Waals surface area contributed by atoms with Crippen LogP contribution in [0.25, 0.3) is 0 Å². The van der Waals surface area contributed by atoms with Gasteiger partial charge >= 0.3 is 0 Å². The maximum Gasteiger partial charge on any atom is 0.0593 e. The van der Waals surface area contributed by atoms with Crippen LogP contribution in [-0.2, 0) is 4.74 Å². The Balaban J connectivity index is 1.93. The van der Waals surface area contributed by atoms with Crippen LogP contribution in [0.1, 0.15) is 38.8 Å². The van der Waals surface area contributed by atoms with Crippen molar-refractivity contribution in [3.05, 3.63) is 35.9 Å². The molecule has 2 atom stereocenters. The maximum atomic E-state index is 5.79. The van der Waals surface area contributed by atoms with Gasteiger partial charge in [0, 0.05) is 38.3 Å². The molecule has 1 heterocycles. The normalized spacial score (nSPS) is 23.6. The van der Waals surface area contributed by atoms with Crippen molar-refractivity contribution in [1.29, 1.82) is 0 Å². The summed E-state index contributed by atoms with van der Waals surface area (Å²) in [6.07, 6.45) is 1.19. The monoisotopic (exact) mass is 290 g/mol. The lowest BCUT2D eigenvalue weighted by Gasteiger charge is -2.40. The van der Waals surface area contributed by atoms with Crippen LogP contribution in [0.5, 0.6) is 0 Å². The molecule has 1 fully saturated rings. The van der Waals surface area contributed by atoms with Crippen molar-refractivity contribution in [2.45, 2.75) is 39.3 Å². The van der Waals surface area contributed by atoms with E-state index in [-0.39, 0.29) is 0 Å². The molecule has 1 aliphatic rings. The molecule has 21 heavy (non-hydrogen) atoms. The Morgan fingerprint density at radius 2 is 2.05 bits per heavy atom. The molecular formula is C18H30N2O. The number of hydrogen-bond acceptors (Lipinski definition) is 3. The first-order valence-electron chi connectivity index (χ1n) is 8.30. The average Bonchev–Trinajstić information content (AvgIpc) is 2.52. The summed E-state index contributed by atoms with van der Waals surface area (Å²) in [6.45, 7) is 11.5. The number of nitrogens with one attached hydrogen (secondary N) is 1. The third-order valence-corrected chi connectivity index (χ3v) is 4.15. The van der Waals surface area contributed by atoms with E-state index in [4.69, 9.17) is 4.74 Å². The molecule has 3 heteroatoms. The Kier molecular flexibility index (Phi) is 6.68. The van der Waals surface area contributed by atoms with Gasteiger partial charge in [-0.3, -0.25) is 4.90 Å². The van der Waals surface area contributed by atoms with E-state index in [0.717, 1.165) is 32.8 Å². The second-order valence-electron chi connectivity index (χ2n) is 6.40. The van der Waals surface area contributed by atoms with Gasteiger partial charge in [-0.25, -0.2) is 0 Å². The predicted octanol–water partition coefficient (Wildman–Crippen LogP) is 3.08. The quantitative estimate of drug-likeness (QED) is 0.781. The summed E-state index contributed by atoms with van der Waals surface area (Å²) in [5.41, 5.74) is 1.41. The molecule has 118 valence electrons. The Morgan fingerprint density at radius 3 is 2.71 bits per heavy atom. The number of piperazine rings is 1. The minimum atomic E-state index is 0.469. The minimum Gasteiger partial charge on any atom is -0.380 e. The van der Waals surface area contributed by atoms with E-state index in [1.54, 1.807) is 0 Å². The van der Waals surface area contributed by atoms with Crippen LogP contribution in [0.4, 0.5) is 0 Å². The predicted molar refractivity (Wildman–Crippen MR) is 88.5 cm³/mol. The summed E-state index contributed by atoms with van der Waals surface area (Å²) < 4.78 is 5.79. The molecule has 3 nitrogen and oxygen atoms in total. The second kappa shape index (κ2) is 8.52. The van der Waals surface area contributed by atoms with Gasteiger partial charge in [0.2, 0.25) is 0 Å².